The van der Waals surface area contributed by atoms with E-state index in [9.17, 15) is 4.79 Å². The third-order valence-electron chi connectivity index (χ3n) is 3.02. The number of thiophene rings is 1. The van der Waals surface area contributed by atoms with Crippen LogP contribution < -0.4 is 5.73 Å². The molecule has 0 atom stereocenters. The topological polar surface area (TPSA) is 72.1 Å². The SMILES string of the molecule is Nc1nccnc1C(=O)N1CCc2sccc2C1. The Hall–Kier alpha value is -1.95. The molecule has 6 heteroatoms. The summed E-state index contributed by atoms with van der Waals surface area (Å²) in [5.41, 5.74) is 7.15. The number of rotatable bonds is 1. The van der Waals surface area contributed by atoms with E-state index in [0.29, 0.717) is 13.1 Å². The summed E-state index contributed by atoms with van der Waals surface area (Å²) < 4.78 is 0. The summed E-state index contributed by atoms with van der Waals surface area (Å²) in [7, 11) is 0. The normalized spacial score (nSPS) is 14.3. The number of hydrogen-bond donors (Lipinski definition) is 1. The fourth-order valence-electron chi connectivity index (χ4n) is 2.09. The Morgan fingerprint density at radius 3 is 3.06 bits per heavy atom. The molecule has 0 spiro atoms. The molecular weight excluding hydrogens is 248 g/mol. The van der Waals surface area contributed by atoms with Crippen LogP contribution in [0.3, 0.4) is 0 Å². The van der Waals surface area contributed by atoms with Gasteiger partial charge in [0.25, 0.3) is 5.91 Å². The maximum atomic E-state index is 12.3. The first-order valence-electron chi connectivity index (χ1n) is 5.66. The van der Waals surface area contributed by atoms with E-state index in [4.69, 9.17) is 5.73 Å². The molecule has 5 nitrogen and oxygen atoms in total. The van der Waals surface area contributed by atoms with Crippen molar-refractivity contribution >= 4 is 23.1 Å². The monoisotopic (exact) mass is 260 g/mol. The summed E-state index contributed by atoms with van der Waals surface area (Å²) >= 11 is 1.75. The highest BCUT2D eigenvalue weighted by Crippen LogP contribution is 2.25. The molecule has 0 aromatic carbocycles. The van der Waals surface area contributed by atoms with Crippen LogP contribution in [0.4, 0.5) is 5.82 Å². The Morgan fingerprint density at radius 1 is 1.39 bits per heavy atom. The average Bonchev–Trinajstić information content (AvgIpc) is 2.85. The summed E-state index contributed by atoms with van der Waals surface area (Å²) in [6.07, 6.45) is 3.88. The van der Waals surface area contributed by atoms with E-state index < -0.39 is 0 Å². The summed E-state index contributed by atoms with van der Waals surface area (Å²) in [6, 6.07) is 2.07. The number of nitrogen functional groups attached to an aromatic ring is 1. The van der Waals surface area contributed by atoms with Gasteiger partial charge >= 0.3 is 0 Å². The number of nitrogens with zero attached hydrogens (tertiary/aromatic N) is 3. The van der Waals surface area contributed by atoms with Crippen molar-refractivity contribution in [2.24, 2.45) is 0 Å². The van der Waals surface area contributed by atoms with Gasteiger partial charge in [-0.2, -0.15) is 0 Å². The third-order valence-corrected chi connectivity index (χ3v) is 4.05. The Kier molecular flexibility index (Phi) is 2.71. The molecule has 2 N–H and O–H groups in total. The van der Waals surface area contributed by atoms with Gasteiger partial charge in [0.05, 0.1) is 0 Å². The minimum absolute atomic E-state index is 0.141. The number of carbonyl (C=O) groups is 1. The summed E-state index contributed by atoms with van der Waals surface area (Å²) in [5, 5.41) is 2.06. The molecule has 0 radical (unpaired) electrons. The molecule has 3 heterocycles. The lowest BCUT2D eigenvalue weighted by Crippen LogP contribution is -2.36. The van der Waals surface area contributed by atoms with Crippen LogP contribution in [-0.4, -0.2) is 27.3 Å². The van der Waals surface area contributed by atoms with Gasteiger partial charge in [-0.05, 0) is 23.4 Å². The minimum atomic E-state index is -0.141. The van der Waals surface area contributed by atoms with Crippen LogP contribution >= 0.6 is 11.3 Å². The summed E-state index contributed by atoms with van der Waals surface area (Å²) in [5.74, 6) is 0.0519. The van der Waals surface area contributed by atoms with E-state index in [-0.39, 0.29) is 17.4 Å². The van der Waals surface area contributed by atoms with Crippen LogP contribution in [0.1, 0.15) is 20.9 Å². The smallest absolute Gasteiger partial charge is 0.276 e. The molecule has 0 unspecified atom stereocenters. The molecule has 0 bridgehead atoms. The van der Waals surface area contributed by atoms with Crippen LogP contribution in [0, 0.1) is 0 Å². The first-order chi connectivity index (χ1) is 8.75. The largest absolute Gasteiger partial charge is 0.382 e. The molecule has 0 saturated carbocycles. The fraction of sp³-hybridized carbons (Fsp3) is 0.250. The number of nitrogens with two attached hydrogens (primary N) is 1. The lowest BCUT2D eigenvalue weighted by molar-refractivity contribution is 0.0730. The fourth-order valence-corrected chi connectivity index (χ4v) is 2.97. The van der Waals surface area contributed by atoms with Gasteiger partial charge in [0.2, 0.25) is 0 Å². The highest BCUT2D eigenvalue weighted by molar-refractivity contribution is 7.10. The number of hydrogen-bond acceptors (Lipinski definition) is 5. The number of fused-ring (bicyclic) bond motifs is 1. The molecule has 1 aliphatic rings. The Labute approximate surface area is 108 Å². The van der Waals surface area contributed by atoms with Gasteiger partial charge in [-0.15, -0.1) is 11.3 Å². The molecule has 1 aliphatic heterocycles. The molecule has 3 rings (SSSR count). The van der Waals surface area contributed by atoms with Crippen LogP contribution in [0.25, 0.3) is 0 Å². The van der Waals surface area contributed by atoms with Gasteiger partial charge in [-0.1, -0.05) is 0 Å². The zero-order valence-corrected chi connectivity index (χ0v) is 10.5. The number of aromatic nitrogens is 2. The van der Waals surface area contributed by atoms with Crippen molar-refractivity contribution in [1.29, 1.82) is 0 Å². The van der Waals surface area contributed by atoms with E-state index >= 15 is 0 Å². The molecule has 2 aromatic heterocycles. The standard InChI is InChI=1S/C12H12N4OS/c13-11-10(14-3-4-15-11)12(17)16-5-1-9-8(7-16)2-6-18-9/h2-4,6H,1,5,7H2,(H2,13,15). The zero-order chi connectivity index (χ0) is 12.5. The van der Waals surface area contributed by atoms with Crippen LogP contribution in [0.15, 0.2) is 23.8 Å². The molecule has 2 aromatic rings. The first kappa shape index (κ1) is 11.2. The molecule has 0 saturated heterocycles. The van der Waals surface area contributed by atoms with Crippen LogP contribution in [0.2, 0.25) is 0 Å². The van der Waals surface area contributed by atoms with Crippen molar-refractivity contribution in [1.82, 2.24) is 14.9 Å². The highest BCUT2D eigenvalue weighted by Gasteiger charge is 2.24. The molecule has 0 aliphatic carbocycles. The van der Waals surface area contributed by atoms with E-state index in [0.717, 1.165) is 6.42 Å². The third kappa shape index (κ3) is 1.84. The molecule has 92 valence electrons. The minimum Gasteiger partial charge on any atom is -0.382 e. The zero-order valence-electron chi connectivity index (χ0n) is 9.67. The van der Waals surface area contributed by atoms with Crippen molar-refractivity contribution in [3.8, 4) is 0 Å². The molecule has 1 amide bonds. The molecule has 0 fully saturated rings. The summed E-state index contributed by atoms with van der Waals surface area (Å²) in [6.45, 7) is 1.34. The van der Waals surface area contributed by atoms with Gasteiger partial charge in [0.15, 0.2) is 11.5 Å². The second-order valence-corrected chi connectivity index (χ2v) is 5.14. The van der Waals surface area contributed by atoms with Gasteiger partial charge in [0, 0.05) is 30.4 Å². The second kappa shape index (κ2) is 4.38. The van der Waals surface area contributed by atoms with Crippen molar-refractivity contribution < 1.29 is 4.79 Å². The predicted octanol–water partition coefficient (Wildman–Crippen LogP) is 1.32. The number of anilines is 1. The van der Waals surface area contributed by atoms with Gasteiger partial charge in [-0.25, -0.2) is 9.97 Å². The Balaban J connectivity index is 1.85. The Bertz CT molecular complexity index is 595. The quantitative estimate of drug-likeness (QED) is 0.839. The average molecular weight is 260 g/mol. The number of amides is 1. The van der Waals surface area contributed by atoms with E-state index in [1.165, 1.54) is 22.8 Å². The molecule has 18 heavy (non-hydrogen) atoms. The van der Waals surface area contributed by atoms with Gasteiger partial charge in [-0.3, -0.25) is 4.79 Å². The lowest BCUT2D eigenvalue weighted by Gasteiger charge is -2.26. The second-order valence-electron chi connectivity index (χ2n) is 4.14. The lowest BCUT2D eigenvalue weighted by atomic mass is 10.1. The van der Waals surface area contributed by atoms with E-state index in [1.54, 1.807) is 16.2 Å². The van der Waals surface area contributed by atoms with Crippen LogP contribution in [0.5, 0.6) is 0 Å². The van der Waals surface area contributed by atoms with Gasteiger partial charge < -0.3 is 10.6 Å². The number of carbonyl (C=O) groups excluding carboxylic acids is 1. The summed E-state index contributed by atoms with van der Waals surface area (Å²) in [4.78, 5) is 23.4. The van der Waals surface area contributed by atoms with E-state index in [1.807, 2.05) is 0 Å². The predicted molar refractivity (Wildman–Crippen MR) is 69.2 cm³/mol. The van der Waals surface area contributed by atoms with Crippen LogP contribution in [-0.2, 0) is 13.0 Å². The Morgan fingerprint density at radius 2 is 2.22 bits per heavy atom. The van der Waals surface area contributed by atoms with Crippen molar-refractivity contribution in [3.05, 3.63) is 40.0 Å². The van der Waals surface area contributed by atoms with Crippen molar-refractivity contribution in [2.45, 2.75) is 13.0 Å². The molecular formula is C12H12N4OS. The van der Waals surface area contributed by atoms with Crippen molar-refractivity contribution in [2.75, 3.05) is 12.3 Å². The first-order valence-corrected chi connectivity index (χ1v) is 6.54. The maximum Gasteiger partial charge on any atom is 0.276 e. The van der Waals surface area contributed by atoms with E-state index in [2.05, 4.69) is 21.4 Å². The maximum absolute atomic E-state index is 12.3. The highest BCUT2D eigenvalue weighted by atomic mass is 32.1. The van der Waals surface area contributed by atoms with Crippen molar-refractivity contribution in [3.63, 3.8) is 0 Å². The van der Waals surface area contributed by atoms with Gasteiger partial charge in [0.1, 0.15) is 0 Å².